The fourth-order valence-corrected chi connectivity index (χ4v) is 3.50. The van der Waals surface area contributed by atoms with Crippen LogP contribution in [0.5, 0.6) is 5.75 Å². The highest BCUT2D eigenvalue weighted by molar-refractivity contribution is 7.90. The van der Waals surface area contributed by atoms with Crippen LogP contribution in [0.15, 0.2) is 24.3 Å². The van der Waals surface area contributed by atoms with E-state index in [-0.39, 0.29) is 18.8 Å². The lowest BCUT2D eigenvalue weighted by Gasteiger charge is -2.37. The summed E-state index contributed by atoms with van der Waals surface area (Å²) in [5.74, 6) is -1.96. The van der Waals surface area contributed by atoms with Crippen LogP contribution in [-0.2, 0) is 20.4 Å². The Hall–Kier alpha value is -2.02. The maximum atomic E-state index is 14.1. The van der Waals surface area contributed by atoms with Gasteiger partial charge in [0.05, 0.1) is 17.8 Å². The third-order valence-corrected chi connectivity index (χ3v) is 6.47. The predicted molar refractivity (Wildman–Crippen MR) is 99.0 cm³/mol. The van der Waals surface area contributed by atoms with E-state index in [1.807, 2.05) is 0 Å². The van der Waals surface area contributed by atoms with Gasteiger partial charge >= 0.3 is 18.3 Å². The number of halogens is 6. The van der Waals surface area contributed by atoms with Crippen molar-refractivity contribution in [2.24, 2.45) is 0 Å². The van der Waals surface area contributed by atoms with E-state index in [0.717, 1.165) is 45.0 Å². The minimum Gasteiger partial charge on any atom is -0.494 e. The van der Waals surface area contributed by atoms with Crippen LogP contribution in [0.3, 0.4) is 0 Å². The number of rotatable bonds is 9. The molecule has 6 nitrogen and oxygen atoms in total. The number of carboxylic acid groups (broad SMARTS) is 1. The molecule has 0 radical (unpaired) electrons. The Bertz CT molecular complexity index is 859. The van der Waals surface area contributed by atoms with Gasteiger partial charge in [0.25, 0.3) is 0 Å². The Balaban J connectivity index is 3.29. The Labute approximate surface area is 175 Å². The third kappa shape index (κ3) is 7.27. The van der Waals surface area contributed by atoms with Crippen molar-refractivity contribution >= 4 is 16.0 Å². The highest BCUT2D eigenvalue weighted by atomic mass is 32.2. The molecule has 0 amide bonds. The fraction of sp³-hybridized carbons (Fsp3) is 0.611. The van der Waals surface area contributed by atoms with Crippen molar-refractivity contribution in [2.45, 2.75) is 62.7 Å². The van der Waals surface area contributed by atoms with Crippen LogP contribution in [0.25, 0.3) is 0 Å². The highest BCUT2D eigenvalue weighted by Crippen LogP contribution is 2.43. The van der Waals surface area contributed by atoms with Crippen molar-refractivity contribution < 1.29 is 49.4 Å². The van der Waals surface area contributed by atoms with E-state index < -0.39 is 57.0 Å². The lowest BCUT2D eigenvalue weighted by Crippen LogP contribution is -2.59. The first-order chi connectivity index (χ1) is 13.8. The molecule has 13 heteroatoms. The Morgan fingerprint density at radius 3 is 1.94 bits per heavy atom. The number of carbonyl (C=O) groups is 1. The molecule has 0 aliphatic rings. The molecule has 0 spiro atoms. The summed E-state index contributed by atoms with van der Waals surface area (Å²) < 4.78 is 108. The summed E-state index contributed by atoms with van der Waals surface area (Å²) in [7, 11) is -4.65. The maximum Gasteiger partial charge on any atom is 0.412 e. The molecule has 0 unspecified atom stereocenters. The molecule has 178 valence electrons. The normalized spacial score (nSPS) is 15.4. The number of benzene rings is 1. The number of nitrogens with one attached hydrogen (secondary N) is 1. The van der Waals surface area contributed by atoms with Crippen LogP contribution in [0.2, 0.25) is 0 Å². The lowest BCUT2D eigenvalue weighted by atomic mass is 9.87. The minimum atomic E-state index is -5.33. The van der Waals surface area contributed by atoms with Crippen molar-refractivity contribution in [3.63, 3.8) is 0 Å². The zero-order valence-corrected chi connectivity index (χ0v) is 17.7. The Morgan fingerprint density at radius 2 is 1.55 bits per heavy atom. The predicted octanol–water partition coefficient (Wildman–Crippen LogP) is 4.36. The van der Waals surface area contributed by atoms with Gasteiger partial charge in [-0.2, -0.15) is 31.1 Å². The second-order valence-corrected chi connectivity index (χ2v) is 10.2. The largest absolute Gasteiger partial charge is 0.494 e. The third-order valence-electron chi connectivity index (χ3n) is 4.24. The molecule has 0 aromatic heterocycles. The summed E-state index contributed by atoms with van der Waals surface area (Å²) in [6.07, 6.45) is -12.8. The standard InChI is InChI=1S/C18H23F6NO5S/c1-15(2,3)31(28,29)25-16(11-14(26)27,18(22,23)24)12-5-7-13(8-6-12)30-10-4-9-17(19,20)21/h5-8,25H,4,9-11H2,1-3H3,(H,26,27)/t16-/m1/s1. The molecule has 0 bridgehead atoms. The maximum absolute atomic E-state index is 14.1. The van der Waals surface area contributed by atoms with E-state index in [4.69, 9.17) is 9.84 Å². The van der Waals surface area contributed by atoms with Crippen molar-refractivity contribution in [3.8, 4) is 5.75 Å². The first-order valence-corrected chi connectivity index (χ1v) is 10.4. The van der Waals surface area contributed by atoms with Gasteiger partial charge in [-0.1, -0.05) is 12.1 Å². The molecule has 0 aliphatic carbocycles. The van der Waals surface area contributed by atoms with Crippen LogP contribution in [0, 0.1) is 0 Å². The van der Waals surface area contributed by atoms with E-state index in [2.05, 4.69) is 0 Å². The second kappa shape index (κ2) is 9.23. The summed E-state index contributed by atoms with van der Waals surface area (Å²) in [6, 6.07) is 3.63. The highest BCUT2D eigenvalue weighted by Gasteiger charge is 2.60. The quantitative estimate of drug-likeness (QED) is 0.406. The number of hydrogen-bond acceptors (Lipinski definition) is 4. The molecule has 1 aromatic carbocycles. The smallest absolute Gasteiger partial charge is 0.412 e. The van der Waals surface area contributed by atoms with Gasteiger partial charge in [-0.3, -0.25) is 4.79 Å². The number of ether oxygens (including phenoxy) is 1. The molecule has 2 N–H and O–H groups in total. The lowest BCUT2D eigenvalue weighted by molar-refractivity contribution is -0.201. The van der Waals surface area contributed by atoms with Crippen LogP contribution < -0.4 is 9.46 Å². The van der Waals surface area contributed by atoms with E-state index >= 15 is 0 Å². The topological polar surface area (TPSA) is 92.7 Å². The molecule has 0 fully saturated rings. The van der Waals surface area contributed by atoms with Crippen molar-refractivity contribution in [1.82, 2.24) is 4.72 Å². The first kappa shape index (κ1) is 27.0. The van der Waals surface area contributed by atoms with Gasteiger partial charge in [-0.15, -0.1) is 0 Å². The van der Waals surface area contributed by atoms with Gasteiger partial charge in [0, 0.05) is 6.42 Å². The van der Waals surface area contributed by atoms with Crippen LogP contribution in [0.1, 0.15) is 45.6 Å². The van der Waals surface area contributed by atoms with Gasteiger partial charge in [0.2, 0.25) is 10.0 Å². The average Bonchev–Trinajstić information content (AvgIpc) is 2.55. The average molecular weight is 479 g/mol. The minimum absolute atomic E-state index is 0.0593. The molecule has 0 aliphatic heterocycles. The van der Waals surface area contributed by atoms with Crippen molar-refractivity contribution in [3.05, 3.63) is 29.8 Å². The SMILES string of the molecule is CC(C)(C)S(=O)(=O)N[C@](CC(=O)O)(c1ccc(OCCCC(F)(F)F)cc1)C(F)(F)F. The molecular weight excluding hydrogens is 456 g/mol. The van der Waals surface area contributed by atoms with Crippen LogP contribution in [0.4, 0.5) is 26.3 Å². The Morgan fingerprint density at radius 1 is 1.03 bits per heavy atom. The molecule has 0 heterocycles. The van der Waals surface area contributed by atoms with E-state index in [0.29, 0.717) is 0 Å². The van der Waals surface area contributed by atoms with Gasteiger partial charge < -0.3 is 9.84 Å². The fourth-order valence-electron chi connectivity index (χ4n) is 2.43. The van der Waals surface area contributed by atoms with Crippen molar-refractivity contribution in [1.29, 1.82) is 0 Å². The zero-order chi connectivity index (χ0) is 24.3. The number of aliphatic carboxylic acids is 1. The van der Waals surface area contributed by atoms with Crippen LogP contribution >= 0.6 is 0 Å². The number of alkyl halides is 6. The van der Waals surface area contributed by atoms with Gasteiger partial charge in [0.1, 0.15) is 5.75 Å². The first-order valence-electron chi connectivity index (χ1n) is 8.93. The van der Waals surface area contributed by atoms with Crippen molar-refractivity contribution in [2.75, 3.05) is 6.61 Å². The summed E-state index contributed by atoms with van der Waals surface area (Å²) in [4.78, 5) is 11.2. The summed E-state index contributed by atoms with van der Waals surface area (Å²) >= 11 is 0. The molecule has 1 atom stereocenters. The monoisotopic (exact) mass is 479 g/mol. The van der Waals surface area contributed by atoms with E-state index in [9.17, 15) is 39.6 Å². The summed E-state index contributed by atoms with van der Waals surface area (Å²) in [5, 5.41) is 9.09. The molecule has 1 aromatic rings. The summed E-state index contributed by atoms with van der Waals surface area (Å²) in [6.45, 7) is 3.09. The molecular formula is C18H23F6NO5S. The Kier molecular flexibility index (Phi) is 8.04. The van der Waals surface area contributed by atoms with Gasteiger partial charge in [-0.25, -0.2) is 8.42 Å². The van der Waals surface area contributed by atoms with E-state index in [1.165, 1.54) is 4.72 Å². The molecule has 1 rings (SSSR count). The zero-order valence-electron chi connectivity index (χ0n) is 16.9. The molecule has 0 saturated carbocycles. The van der Waals surface area contributed by atoms with Gasteiger partial charge in [0.15, 0.2) is 5.54 Å². The number of carboxylic acids is 1. The van der Waals surface area contributed by atoms with E-state index in [1.54, 1.807) is 0 Å². The molecule has 31 heavy (non-hydrogen) atoms. The number of hydrogen-bond donors (Lipinski definition) is 2. The van der Waals surface area contributed by atoms with Gasteiger partial charge in [-0.05, 0) is 44.9 Å². The summed E-state index contributed by atoms with van der Waals surface area (Å²) in [5.41, 5.74) is -4.18. The second-order valence-electron chi connectivity index (χ2n) is 7.78. The number of sulfonamides is 1. The molecule has 0 saturated heterocycles. The van der Waals surface area contributed by atoms with Crippen LogP contribution in [-0.4, -0.2) is 43.2 Å².